The number of hydrogen-bond donors (Lipinski definition) is 0. The minimum absolute atomic E-state index is 0.114. The summed E-state index contributed by atoms with van der Waals surface area (Å²) < 4.78 is 25.8. The highest BCUT2D eigenvalue weighted by Crippen LogP contribution is 2.40. The number of carbonyl (C=O) groups excluding carboxylic acids is 1. The van der Waals surface area contributed by atoms with Crippen molar-refractivity contribution in [1.82, 2.24) is 0 Å². The topological polar surface area (TPSA) is 54.0 Å². The van der Waals surface area contributed by atoms with Gasteiger partial charge >= 0.3 is 5.97 Å². The summed E-state index contributed by atoms with van der Waals surface area (Å²) in [5.74, 6) is -0.247. The molecule has 0 aromatic heterocycles. The van der Waals surface area contributed by atoms with Gasteiger partial charge in [0.1, 0.15) is 12.2 Å². The first-order valence-electron chi connectivity index (χ1n) is 14.4. The normalized spacial score (nSPS) is 20.2. The van der Waals surface area contributed by atoms with Gasteiger partial charge in [-0.15, -0.1) is 0 Å². The van der Waals surface area contributed by atoms with Gasteiger partial charge in [0.25, 0.3) is 8.32 Å². The van der Waals surface area contributed by atoms with E-state index >= 15 is 0 Å². The molecule has 220 valence electrons. The van der Waals surface area contributed by atoms with Gasteiger partial charge in [-0.25, -0.2) is 0 Å². The Morgan fingerprint density at radius 2 is 1.48 bits per heavy atom. The maximum atomic E-state index is 12.7. The first-order valence-corrected chi connectivity index (χ1v) is 19.2. The molecule has 0 spiro atoms. The Labute approximate surface area is 244 Å². The summed E-state index contributed by atoms with van der Waals surface area (Å²) in [7, 11) is -3.20. The first kappa shape index (κ1) is 32.5. The van der Waals surface area contributed by atoms with E-state index in [1.54, 1.807) is 7.11 Å². The van der Waals surface area contributed by atoms with Gasteiger partial charge in [-0.2, -0.15) is 0 Å². The van der Waals surface area contributed by atoms with E-state index in [1.165, 1.54) is 10.4 Å². The van der Waals surface area contributed by atoms with Crippen LogP contribution in [-0.4, -0.2) is 54.6 Å². The minimum atomic E-state index is -2.92. The third-order valence-electron chi connectivity index (χ3n) is 8.52. The van der Waals surface area contributed by atoms with Gasteiger partial charge in [0.2, 0.25) is 0 Å². The number of hydrogen-bond acceptors (Lipinski definition) is 5. The molecule has 0 unspecified atom stereocenters. The lowest BCUT2D eigenvalue weighted by atomic mass is 10.00. The molecule has 0 amide bonds. The molecule has 1 fully saturated rings. The van der Waals surface area contributed by atoms with Gasteiger partial charge in [0.05, 0.1) is 19.1 Å². The van der Waals surface area contributed by atoms with Crippen molar-refractivity contribution in [2.75, 3.05) is 13.7 Å². The maximum absolute atomic E-state index is 12.7. The molecule has 40 heavy (non-hydrogen) atoms. The lowest BCUT2D eigenvalue weighted by Crippen LogP contribution is -2.68. The van der Waals surface area contributed by atoms with Crippen LogP contribution in [0.3, 0.4) is 0 Å². The van der Waals surface area contributed by atoms with Crippen molar-refractivity contribution in [3.8, 4) is 0 Å². The zero-order chi connectivity index (χ0) is 29.8. The summed E-state index contributed by atoms with van der Waals surface area (Å²) in [6.07, 6.45) is 1.86. The summed E-state index contributed by atoms with van der Waals surface area (Å²) in [6, 6.07) is 21.2. The molecule has 0 radical (unpaired) electrons. The molecule has 1 heterocycles. The molecule has 3 rings (SSSR count). The van der Waals surface area contributed by atoms with Crippen LogP contribution in [0.2, 0.25) is 23.2 Å². The van der Waals surface area contributed by atoms with Crippen molar-refractivity contribution < 1.29 is 23.1 Å². The number of rotatable bonds is 10. The molecule has 0 saturated carbocycles. The van der Waals surface area contributed by atoms with Crippen molar-refractivity contribution in [2.24, 2.45) is 0 Å². The van der Waals surface area contributed by atoms with Crippen LogP contribution in [0.25, 0.3) is 0 Å². The number of carbonyl (C=O) groups is 1. The van der Waals surface area contributed by atoms with E-state index in [0.29, 0.717) is 13.0 Å². The Balaban J connectivity index is 2.13. The van der Waals surface area contributed by atoms with Crippen molar-refractivity contribution in [3.63, 3.8) is 0 Å². The molecule has 5 nitrogen and oxygen atoms in total. The van der Waals surface area contributed by atoms with Crippen LogP contribution in [0.4, 0.5) is 0 Å². The van der Waals surface area contributed by atoms with Crippen LogP contribution in [0, 0.1) is 0 Å². The van der Waals surface area contributed by atoms with Gasteiger partial charge < -0.3 is 18.3 Å². The van der Waals surface area contributed by atoms with Crippen LogP contribution in [0.1, 0.15) is 61.3 Å². The highest BCUT2D eigenvalue weighted by molar-refractivity contribution is 6.99. The monoisotopic (exact) mass is 582 g/mol. The number of cyclic esters (lactones) is 1. The average Bonchev–Trinajstić information content (AvgIpc) is 2.89. The average molecular weight is 583 g/mol. The summed E-state index contributed by atoms with van der Waals surface area (Å²) in [5, 5.41) is 2.27. The fourth-order valence-corrected chi connectivity index (χ4v) is 10.8. The number of esters is 1. The molecule has 0 N–H and O–H groups in total. The Hall–Kier alpha value is -2.04. The van der Waals surface area contributed by atoms with Crippen LogP contribution in [0.15, 0.2) is 72.3 Å². The Kier molecular flexibility index (Phi) is 10.4. The standard InChI is InChI=1S/C33H50O5Si2/c1-25(24-36-39(9,10)32(2,3)4)21-30(29-22-26(35-8)23-31(34)37-29)38-40(33(5,6)7,27-17-13-11-14-18-27)28-19-15-12-16-20-28/h11-21,26,29-30H,22-24H2,1-10H3/b25-21+/t26-,29-,30-/m1/s1. The fraction of sp³-hybridized carbons (Fsp3) is 0.545. The highest BCUT2D eigenvalue weighted by atomic mass is 28.4. The highest BCUT2D eigenvalue weighted by Gasteiger charge is 2.52. The number of methoxy groups -OCH3 is 1. The summed E-state index contributed by atoms with van der Waals surface area (Å²) in [6.45, 7) is 20.7. The van der Waals surface area contributed by atoms with E-state index in [2.05, 4.69) is 116 Å². The Bertz CT molecular complexity index is 1090. The smallest absolute Gasteiger partial charge is 0.308 e. The third kappa shape index (κ3) is 7.42. The van der Waals surface area contributed by atoms with Crippen LogP contribution in [0.5, 0.6) is 0 Å². The van der Waals surface area contributed by atoms with E-state index in [-0.39, 0.29) is 28.6 Å². The van der Waals surface area contributed by atoms with Gasteiger partial charge in [0, 0.05) is 13.5 Å². The fourth-order valence-electron chi connectivity index (χ4n) is 5.13. The second-order valence-corrected chi connectivity index (χ2v) is 22.7. The van der Waals surface area contributed by atoms with Crippen molar-refractivity contribution in [2.45, 2.75) is 103 Å². The molecule has 1 saturated heterocycles. The Morgan fingerprint density at radius 3 is 1.93 bits per heavy atom. The molecular formula is C33H50O5Si2. The van der Waals surface area contributed by atoms with Gasteiger partial charge in [-0.05, 0) is 40.5 Å². The van der Waals surface area contributed by atoms with E-state index in [1.807, 2.05) is 12.1 Å². The second kappa shape index (κ2) is 12.9. The lowest BCUT2D eigenvalue weighted by Gasteiger charge is -2.46. The van der Waals surface area contributed by atoms with Crippen molar-refractivity contribution >= 4 is 33.0 Å². The van der Waals surface area contributed by atoms with Crippen LogP contribution in [-0.2, 0) is 23.1 Å². The Morgan fingerprint density at radius 1 is 0.950 bits per heavy atom. The summed E-state index contributed by atoms with van der Waals surface area (Å²) in [4.78, 5) is 12.7. The maximum Gasteiger partial charge on any atom is 0.308 e. The predicted octanol–water partition coefficient (Wildman–Crippen LogP) is 6.62. The molecule has 2 aromatic rings. The van der Waals surface area contributed by atoms with Crippen LogP contribution >= 0.6 is 0 Å². The molecule has 2 aromatic carbocycles. The van der Waals surface area contributed by atoms with Crippen molar-refractivity contribution in [3.05, 3.63) is 72.3 Å². The second-order valence-electron chi connectivity index (χ2n) is 13.6. The van der Waals surface area contributed by atoms with E-state index in [4.69, 9.17) is 18.3 Å². The molecule has 0 bridgehead atoms. The third-order valence-corrected chi connectivity index (χ3v) is 18.0. The SMILES string of the molecule is CO[C@H]1CC(=O)O[C@@H]([C@@H](/C=C(\C)CO[Si](C)(C)C(C)(C)C)O[Si](c2ccccc2)(c2ccccc2)C(C)(C)C)C1. The summed E-state index contributed by atoms with van der Waals surface area (Å²) in [5.41, 5.74) is 1.07. The summed E-state index contributed by atoms with van der Waals surface area (Å²) >= 11 is 0. The zero-order valence-corrected chi connectivity index (χ0v) is 28.2. The lowest BCUT2D eigenvalue weighted by molar-refractivity contribution is -0.166. The zero-order valence-electron chi connectivity index (χ0n) is 26.2. The van der Waals surface area contributed by atoms with Gasteiger partial charge in [-0.3, -0.25) is 4.79 Å². The van der Waals surface area contributed by atoms with E-state index in [0.717, 1.165) is 5.57 Å². The van der Waals surface area contributed by atoms with E-state index < -0.39 is 28.8 Å². The minimum Gasteiger partial charge on any atom is -0.459 e. The number of ether oxygens (including phenoxy) is 2. The van der Waals surface area contributed by atoms with E-state index in [9.17, 15) is 4.79 Å². The largest absolute Gasteiger partial charge is 0.459 e. The van der Waals surface area contributed by atoms with Crippen LogP contribution < -0.4 is 10.4 Å². The molecule has 3 atom stereocenters. The molecule has 1 aliphatic heterocycles. The molecule has 1 aliphatic rings. The van der Waals surface area contributed by atoms with Gasteiger partial charge in [0.15, 0.2) is 8.32 Å². The quantitative estimate of drug-likeness (QED) is 0.179. The van der Waals surface area contributed by atoms with Gasteiger partial charge in [-0.1, -0.05) is 114 Å². The molecule has 0 aliphatic carbocycles. The number of benzene rings is 2. The molecule has 7 heteroatoms. The van der Waals surface area contributed by atoms with Crippen molar-refractivity contribution in [1.29, 1.82) is 0 Å². The predicted molar refractivity (Wildman–Crippen MR) is 169 cm³/mol. The first-order chi connectivity index (χ1) is 18.6. The molecular weight excluding hydrogens is 533 g/mol.